The maximum atomic E-state index is 12.5. The molecule has 118 valence electrons. The standard InChI is InChI=1S/C15H26N4O2/c1-14(2,3)10-11-9-12(19-18-11)17-13(20)15(21-4)5-7-16-8-6-15/h9,16H,5-8,10H2,1-4H3,(H2,17,18,19,20). The van der Waals surface area contributed by atoms with Gasteiger partial charge in [-0.05, 0) is 37.8 Å². The van der Waals surface area contributed by atoms with Gasteiger partial charge >= 0.3 is 0 Å². The number of H-pyrrole nitrogens is 1. The number of hydrogen-bond acceptors (Lipinski definition) is 4. The van der Waals surface area contributed by atoms with Crippen LogP contribution in [-0.2, 0) is 16.0 Å². The number of nitrogens with zero attached hydrogens (tertiary/aromatic N) is 1. The predicted molar refractivity (Wildman–Crippen MR) is 82.2 cm³/mol. The molecule has 0 aromatic carbocycles. The van der Waals surface area contributed by atoms with Crippen molar-refractivity contribution < 1.29 is 9.53 Å². The molecule has 6 nitrogen and oxygen atoms in total. The van der Waals surface area contributed by atoms with Crippen molar-refractivity contribution in [2.45, 2.75) is 45.6 Å². The van der Waals surface area contributed by atoms with Crippen LogP contribution in [0.3, 0.4) is 0 Å². The van der Waals surface area contributed by atoms with E-state index in [9.17, 15) is 4.79 Å². The van der Waals surface area contributed by atoms with Crippen molar-refractivity contribution in [1.82, 2.24) is 15.5 Å². The third-order valence-electron chi connectivity index (χ3n) is 3.81. The lowest BCUT2D eigenvalue weighted by Gasteiger charge is -2.34. The van der Waals surface area contributed by atoms with E-state index in [4.69, 9.17) is 4.74 Å². The minimum Gasteiger partial charge on any atom is -0.368 e. The van der Waals surface area contributed by atoms with Gasteiger partial charge in [0, 0.05) is 18.9 Å². The van der Waals surface area contributed by atoms with Crippen molar-refractivity contribution in [3.63, 3.8) is 0 Å². The number of methoxy groups -OCH3 is 1. The number of piperidine rings is 1. The average molecular weight is 294 g/mol. The highest BCUT2D eigenvalue weighted by atomic mass is 16.5. The molecule has 1 aromatic heterocycles. The van der Waals surface area contributed by atoms with E-state index in [0.717, 1.165) is 25.2 Å². The first kappa shape index (κ1) is 16.0. The highest BCUT2D eigenvalue weighted by Gasteiger charge is 2.40. The molecule has 1 aliphatic rings. The molecular formula is C15H26N4O2. The summed E-state index contributed by atoms with van der Waals surface area (Å²) in [6.45, 7) is 8.08. The first-order chi connectivity index (χ1) is 9.85. The van der Waals surface area contributed by atoms with Crippen LogP contribution in [0.1, 0.15) is 39.3 Å². The third-order valence-corrected chi connectivity index (χ3v) is 3.81. The summed E-state index contributed by atoms with van der Waals surface area (Å²) >= 11 is 0. The van der Waals surface area contributed by atoms with Crippen LogP contribution in [0.2, 0.25) is 0 Å². The molecule has 0 aliphatic carbocycles. The number of anilines is 1. The van der Waals surface area contributed by atoms with Crippen molar-refractivity contribution >= 4 is 11.7 Å². The summed E-state index contributed by atoms with van der Waals surface area (Å²) in [5, 5.41) is 13.3. The van der Waals surface area contributed by atoms with E-state index in [1.807, 2.05) is 6.07 Å². The van der Waals surface area contributed by atoms with E-state index in [1.54, 1.807) is 7.11 Å². The minimum absolute atomic E-state index is 0.111. The summed E-state index contributed by atoms with van der Waals surface area (Å²) < 4.78 is 5.51. The van der Waals surface area contributed by atoms with E-state index in [1.165, 1.54) is 0 Å². The van der Waals surface area contributed by atoms with Crippen molar-refractivity contribution in [3.8, 4) is 0 Å². The topological polar surface area (TPSA) is 79.0 Å². The van der Waals surface area contributed by atoms with Gasteiger partial charge in [-0.2, -0.15) is 5.10 Å². The molecule has 0 radical (unpaired) electrons. The van der Waals surface area contributed by atoms with E-state index >= 15 is 0 Å². The number of rotatable bonds is 4. The Morgan fingerprint density at radius 1 is 1.43 bits per heavy atom. The number of aromatic nitrogens is 2. The molecule has 2 rings (SSSR count). The second-order valence-corrected chi connectivity index (χ2v) is 6.92. The number of nitrogens with one attached hydrogen (secondary N) is 3. The smallest absolute Gasteiger partial charge is 0.257 e. The lowest BCUT2D eigenvalue weighted by atomic mass is 9.90. The van der Waals surface area contributed by atoms with E-state index in [2.05, 4.69) is 41.6 Å². The van der Waals surface area contributed by atoms with Gasteiger partial charge in [0.2, 0.25) is 0 Å². The molecule has 6 heteroatoms. The SMILES string of the molecule is COC1(C(=O)Nc2cc(CC(C)(C)C)[nH]n2)CCNCC1. The van der Waals surface area contributed by atoms with Gasteiger partial charge in [0.05, 0.1) is 0 Å². The van der Waals surface area contributed by atoms with E-state index < -0.39 is 5.60 Å². The zero-order valence-corrected chi connectivity index (χ0v) is 13.4. The van der Waals surface area contributed by atoms with Crippen LogP contribution < -0.4 is 10.6 Å². The Labute approximate surface area is 126 Å². The second kappa shape index (κ2) is 6.15. The van der Waals surface area contributed by atoms with Gasteiger partial charge in [0.1, 0.15) is 5.60 Å². The van der Waals surface area contributed by atoms with Gasteiger partial charge in [-0.1, -0.05) is 20.8 Å². The molecule has 1 fully saturated rings. The number of hydrogen-bond donors (Lipinski definition) is 3. The molecule has 0 spiro atoms. The van der Waals surface area contributed by atoms with Crippen LogP contribution >= 0.6 is 0 Å². The van der Waals surface area contributed by atoms with Gasteiger partial charge < -0.3 is 15.4 Å². The van der Waals surface area contributed by atoms with Crippen molar-refractivity contribution in [1.29, 1.82) is 0 Å². The molecule has 1 saturated heterocycles. The fourth-order valence-electron chi connectivity index (χ4n) is 2.67. The number of ether oxygens (including phenoxy) is 1. The molecule has 0 atom stereocenters. The van der Waals surface area contributed by atoms with E-state index in [0.29, 0.717) is 18.7 Å². The average Bonchev–Trinajstić information content (AvgIpc) is 2.84. The molecule has 0 unspecified atom stereocenters. The fraction of sp³-hybridized carbons (Fsp3) is 0.733. The zero-order chi connectivity index (χ0) is 15.5. The van der Waals surface area contributed by atoms with Crippen molar-refractivity contribution in [3.05, 3.63) is 11.8 Å². The fourth-order valence-corrected chi connectivity index (χ4v) is 2.67. The van der Waals surface area contributed by atoms with Gasteiger partial charge in [-0.25, -0.2) is 0 Å². The number of carbonyl (C=O) groups is 1. The second-order valence-electron chi connectivity index (χ2n) is 6.92. The lowest BCUT2D eigenvalue weighted by molar-refractivity contribution is -0.140. The molecular weight excluding hydrogens is 268 g/mol. The van der Waals surface area contributed by atoms with Crippen molar-refractivity contribution in [2.75, 3.05) is 25.5 Å². The van der Waals surface area contributed by atoms with Gasteiger partial charge in [0.25, 0.3) is 5.91 Å². The van der Waals surface area contributed by atoms with Gasteiger partial charge in [-0.15, -0.1) is 0 Å². The molecule has 3 N–H and O–H groups in total. The van der Waals surface area contributed by atoms with Crippen LogP contribution in [-0.4, -0.2) is 41.9 Å². The van der Waals surface area contributed by atoms with E-state index in [-0.39, 0.29) is 11.3 Å². The molecule has 0 saturated carbocycles. The first-order valence-electron chi connectivity index (χ1n) is 7.46. The van der Waals surface area contributed by atoms with Crippen molar-refractivity contribution in [2.24, 2.45) is 5.41 Å². The van der Waals surface area contributed by atoms with Crippen LogP contribution in [0, 0.1) is 5.41 Å². The Bertz CT molecular complexity index is 484. The van der Waals surface area contributed by atoms with Crippen LogP contribution in [0.5, 0.6) is 0 Å². The predicted octanol–water partition coefficient (Wildman–Crippen LogP) is 1.71. The third kappa shape index (κ3) is 4.04. The van der Waals surface area contributed by atoms with Crippen LogP contribution in [0.15, 0.2) is 6.07 Å². The van der Waals surface area contributed by atoms with Crippen LogP contribution in [0.25, 0.3) is 0 Å². The Morgan fingerprint density at radius 3 is 2.67 bits per heavy atom. The highest BCUT2D eigenvalue weighted by Crippen LogP contribution is 2.25. The highest BCUT2D eigenvalue weighted by molar-refractivity contribution is 5.96. The quantitative estimate of drug-likeness (QED) is 0.790. The summed E-state index contributed by atoms with van der Waals surface area (Å²) in [7, 11) is 1.60. The molecule has 1 amide bonds. The maximum Gasteiger partial charge on any atom is 0.257 e. The summed E-state index contributed by atoms with van der Waals surface area (Å²) in [5.74, 6) is 0.453. The Morgan fingerprint density at radius 2 is 2.10 bits per heavy atom. The zero-order valence-electron chi connectivity index (χ0n) is 13.4. The van der Waals surface area contributed by atoms with Crippen LogP contribution in [0.4, 0.5) is 5.82 Å². The first-order valence-corrected chi connectivity index (χ1v) is 7.46. The normalized spacial score (nSPS) is 18.5. The minimum atomic E-state index is -0.742. The summed E-state index contributed by atoms with van der Waals surface area (Å²) in [5.41, 5.74) is 0.458. The lowest BCUT2D eigenvalue weighted by Crippen LogP contribution is -2.51. The number of amides is 1. The Balaban J connectivity index is 2.02. The molecule has 1 aliphatic heterocycles. The molecule has 2 heterocycles. The number of aromatic amines is 1. The summed E-state index contributed by atoms with van der Waals surface area (Å²) in [4.78, 5) is 12.5. The summed E-state index contributed by atoms with van der Waals surface area (Å²) in [6.07, 6.45) is 2.23. The Kier molecular flexibility index (Phi) is 4.68. The largest absolute Gasteiger partial charge is 0.368 e. The Hall–Kier alpha value is -1.40. The number of carbonyl (C=O) groups excluding carboxylic acids is 1. The molecule has 1 aromatic rings. The monoisotopic (exact) mass is 294 g/mol. The molecule has 0 bridgehead atoms. The molecule has 21 heavy (non-hydrogen) atoms. The summed E-state index contributed by atoms with van der Waals surface area (Å²) in [6, 6.07) is 1.90. The van der Waals surface area contributed by atoms with Gasteiger partial charge in [0.15, 0.2) is 5.82 Å². The van der Waals surface area contributed by atoms with Gasteiger partial charge in [-0.3, -0.25) is 9.89 Å². The maximum absolute atomic E-state index is 12.5.